The van der Waals surface area contributed by atoms with Crippen LogP contribution >= 0.6 is 22.9 Å². The van der Waals surface area contributed by atoms with Gasteiger partial charge in [0.2, 0.25) is 5.13 Å². The number of phenols is 1. The zero-order valence-corrected chi connectivity index (χ0v) is 21.3. The summed E-state index contributed by atoms with van der Waals surface area (Å²) in [5, 5.41) is 23.5. The molecule has 1 aromatic heterocycles. The molecule has 10 heteroatoms. The van der Waals surface area contributed by atoms with E-state index in [9.17, 15) is 9.90 Å². The van der Waals surface area contributed by atoms with Gasteiger partial charge >= 0.3 is 0 Å². The Morgan fingerprint density at radius 1 is 1.19 bits per heavy atom. The Kier molecular flexibility index (Phi) is 7.16. The molecule has 0 saturated heterocycles. The Labute approximate surface area is 222 Å². The van der Waals surface area contributed by atoms with Gasteiger partial charge in [0.05, 0.1) is 25.1 Å². The predicted molar refractivity (Wildman–Crippen MR) is 146 cm³/mol. The first-order chi connectivity index (χ1) is 18.0. The number of rotatable bonds is 7. The lowest BCUT2D eigenvalue weighted by molar-refractivity contribution is 0.0951. The SMILES string of the molecule is COc1ccc(/C=N/NC(=O)c2csc(N3N=C(c4ccccc4)CC3c3ccc(Cl)cc3)n2)cc1O. The van der Waals surface area contributed by atoms with E-state index in [1.54, 1.807) is 17.5 Å². The van der Waals surface area contributed by atoms with Crippen molar-refractivity contribution in [3.8, 4) is 11.5 Å². The Balaban J connectivity index is 1.35. The van der Waals surface area contributed by atoms with Gasteiger partial charge in [-0.05, 0) is 47.0 Å². The van der Waals surface area contributed by atoms with Crippen molar-refractivity contribution in [2.75, 3.05) is 12.1 Å². The highest BCUT2D eigenvalue weighted by molar-refractivity contribution is 7.14. The van der Waals surface area contributed by atoms with E-state index in [2.05, 4.69) is 15.5 Å². The van der Waals surface area contributed by atoms with E-state index in [1.807, 2.05) is 59.6 Å². The van der Waals surface area contributed by atoms with Crippen LogP contribution in [0.25, 0.3) is 0 Å². The predicted octanol–water partition coefficient (Wildman–Crippen LogP) is 5.63. The molecule has 0 saturated carbocycles. The van der Waals surface area contributed by atoms with Crippen molar-refractivity contribution < 1.29 is 14.6 Å². The number of thiazole rings is 1. The fraction of sp³-hybridized carbons (Fsp3) is 0.111. The zero-order valence-electron chi connectivity index (χ0n) is 19.7. The number of nitrogens with zero attached hydrogens (tertiary/aromatic N) is 4. The molecule has 37 heavy (non-hydrogen) atoms. The number of amides is 1. The molecule has 0 radical (unpaired) electrons. The summed E-state index contributed by atoms with van der Waals surface area (Å²) in [4.78, 5) is 17.2. The molecule has 0 spiro atoms. The standard InChI is InChI=1S/C27H22ClN5O3S/c1-36-25-12-7-17(13-24(25)34)15-29-31-26(35)22-16-37-27(30-22)33-23(19-8-10-20(28)11-9-19)14-21(32-33)18-5-3-2-4-6-18/h2-13,15-16,23,34H,14H2,1H3,(H,31,35)/b29-15+. The van der Waals surface area contributed by atoms with Gasteiger partial charge in [-0.15, -0.1) is 11.3 Å². The number of hydrazone groups is 2. The summed E-state index contributed by atoms with van der Waals surface area (Å²) in [6.07, 6.45) is 2.11. The molecular formula is C27H22ClN5O3S. The van der Waals surface area contributed by atoms with Gasteiger partial charge in [-0.3, -0.25) is 4.79 Å². The lowest BCUT2D eigenvalue weighted by atomic mass is 9.99. The van der Waals surface area contributed by atoms with E-state index in [-0.39, 0.29) is 17.5 Å². The normalized spacial score (nSPS) is 15.1. The van der Waals surface area contributed by atoms with E-state index in [0.29, 0.717) is 27.9 Å². The van der Waals surface area contributed by atoms with Crippen LogP contribution in [-0.4, -0.2) is 35.0 Å². The maximum atomic E-state index is 12.7. The van der Waals surface area contributed by atoms with Gasteiger partial charge in [-0.2, -0.15) is 10.2 Å². The van der Waals surface area contributed by atoms with E-state index < -0.39 is 5.91 Å². The first kappa shape index (κ1) is 24.5. The minimum atomic E-state index is -0.453. The maximum absolute atomic E-state index is 12.7. The van der Waals surface area contributed by atoms with Crippen LogP contribution in [0, 0.1) is 0 Å². The molecule has 1 aliphatic heterocycles. The average Bonchev–Trinajstić information content (AvgIpc) is 3.58. The molecule has 1 unspecified atom stereocenters. The van der Waals surface area contributed by atoms with Crippen molar-refractivity contribution in [3.05, 3.63) is 106 Å². The molecule has 0 aliphatic carbocycles. The lowest BCUT2D eigenvalue weighted by Gasteiger charge is -2.21. The first-order valence-electron chi connectivity index (χ1n) is 11.4. The van der Waals surface area contributed by atoms with Crippen LogP contribution in [0.5, 0.6) is 11.5 Å². The van der Waals surface area contributed by atoms with Crippen LogP contribution in [0.15, 0.2) is 88.4 Å². The second-order valence-electron chi connectivity index (χ2n) is 8.17. The Morgan fingerprint density at radius 3 is 2.70 bits per heavy atom. The van der Waals surface area contributed by atoms with Gasteiger partial charge in [0, 0.05) is 16.8 Å². The second-order valence-corrected chi connectivity index (χ2v) is 9.45. The fourth-order valence-corrected chi connectivity index (χ4v) is 4.85. The number of aromatic nitrogens is 1. The van der Waals surface area contributed by atoms with Crippen LogP contribution in [0.2, 0.25) is 5.02 Å². The van der Waals surface area contributed by atoms with Gasteiger partial charge in [0.1, 0.15) is 5.69 Å². The number of ether oxygens (including phenoxy) is 1. The highest BCUT2D eigenvalue weighted by Gasteiger charge is 2.32. The molecule has 2 N–H and O–H groups in total. The molecule has 5 rings (SSSR count). The third kappa shape index (κ3) is 5.47. The van der Waals surface area contributed by atoms with Crippen molar-refractivity contribution in [2.45, 2.75) is 12.5 Å². The molecule has 2 heterocycles. The summed E-state index contributed by atoms with van der Waals surface area (Å²) < 4.78 is 5.03. The number of hydrogen-bond acceptors (Lipinski definition) is 8. The number of carbonyl (C=O) groups is 1. The monoisotopic (exact) mass is 531 g/mol. The number of nitrogens with one attached hydrogen (secondary N) is 1. The molecule has 0 bridgehead atoms. The average molecular weight is 532 g/mol. The Hall–Kier alpha value is -4.21. The maximum Gasteiger partial charge on any atom is 0.290 e. The fourth-order valence-electron chi connectivity index (χ4n) is 3.92. The lowest BCUT2D eigenvalue weighted by Crippen LogP contribution is -2.20. The zero-order chi connectivity index (χ0) is 25.8. The Morgan fingerprint density at radius 2 is 1.97 bits per heavy atom. The molecular weight excluding hydrogens is 510 g/mol. The van der Waals surface area contributed by atoms with Gasteiger partial charge in [0.15, 0.2) is 11.5 Å². The third-order valence-electron chi connectivity index (χ3n) is 5.78. The molecule has 0 fully saturated rings. The largest absolute Gasteiger partial charge is 0.504 e. The van der Waals surface area contributed by atoms with Crippen LogP contribution in [0.4, 0.5) is 5.13 Å². The van der Waals surface area contributed by atoms with Crippen LogP contribution in [-0.2, 0) is 0 Å². The number of phenolic OH excluding ortho intramolecular Hbond substituents is 1. The van der Waals surface area contributed by atoms with Gasteiger partial charge in [-0.1, -0.05) is 54.1 Å². The summed E-state index contributed by atoms with van der Waals surface area (Å²) in [5.74, 6) is -0.114. The molecule has 3 aromatic carbocycles. The van der Waals surface area contributed by atoms with Crippen LogP contribution in [0.1, 0.15) is 39.6 Å². The molecule has 8 nitrogen and oxygen atoms in total. The number of aromatic hydroxyl groups is 1. The van der Waals surface area contributed by atoms with E-state index >= 15 is 0 Å². The smallest absolute Gasteiger partial charge is 0.290 e. The highest BCUT2D eigenvalue weighted by atomic mass is 35.5. The van der Waals surface area contributed by atoms with Crippen LogP contribution in [0.3, 0.4) is 0 Å². The summed E-state index contributed by atoms with van der Waals surface area (Å²) in [6, 6.07) is 22.4. The van der Waals surface area contributed by atoms with Crippen molar-refractivity contribution in [1.82, 2.24) is 10.4 Å². The number of anilines is 1. The van der Waals surface area contributed by atoms with Crippen LogP contribution < -0.4 is 15.2 Å². The number of hydrogen-bond donors (Lipinski definition) is 2. The van der Waals surface area contributed by atoms with Gasteiger partial charge in [-0.25, -0.2) is 15.4 Å². The molecule has 1 amide bonds. The quantitative estimate of drug-likeness (QED) is 0.238. The number of benzene rings is 3. The van der Waals surface area contributed by atoms with E-state index in [0.717, 1.165) is 16.8 Å². The summed E-state index contributed by atoms with van der Waals surface area (Å²) in [7, 11) is 1.47. The Bertz CT molecular complexity index is 1470. The van der Waals surface area contributed by atoms with Crippen molar-refractivity contribution in [1.29, 1.82) is 0 Å². The van der Waals surface area contributed by atoms with Crippen molar-refractivity contribution in [2.24, 2.45) is 10.2 Å². The number of halogens is 1. The van der Waals surface area contributed by atoms with E-state index in [1.165, 1.54) is 30.7 Å². The summed E-state index contributed by atoms with van der Waals surface area (Å²) >= 11 is 7.44. The number of methoxy groups -OCH3 is 1. The van der Waals surface area contributed by atoms with Crippen molar-refractivity contribution >= 4 is 45.9 Å². The topological polar surface area (TPSA) is 99.4 Å². The molecule has 1 aliphatic rings. The first-order valence-corrected chi connectivity index (χ1v) is 12.6. The van der Waals surface area contributed by atoms with Gasteiger partial charge in [0.25, 0.3) is 5.91 Å². The third-order valence-corrected chi connectivity index (χ3v) is 6.86. The summed E-state index contributed by atoms with van der Waals surface area (Å²) in [5.41, 5.74) is 6.33. The molecule has 4 aromatic rings. The number of carbonyl (C=O) groups excluding carboxylic acids is 1. The van der Waals surface area contributed by atoms with Gasteiger partial charge < -0.3 is 9.84 Å². The minimum Gasteiger partial charge on any atom is -0.504 e. The minimum absolute atomic E-state index is 0.0156. The second kappa shape index (κ2) is 10.8. The van der Waals surface area contributed by atoms with Crippen molar-refractivity contribution in [3.63, 3.8) is 0 Å². The summed E-state index contributed by atoms with van der Waals surface area (Å²) in [6.45, 7) is 0. The molecule has 186 valence electrons. The molecule has 1 atom stereocenters. The highest BCUT2D eigenvalue weighted by Crippen LogP contribution is 2.38. The van der Waals surface area contributed by atoms with E-state index in [4.69, 9.17) is 21.4 Å².